The van der Waals surface area contributed by atoms with Crippen molar-refractivity contribution < 1.29 is 14.0 Å². The van der Waals surface area contributed by atoms with Crippen LogP contribution in [-0.4, -0.2) is 31.7 Å². The van der Waals surface area contributed by atoms with Crippen LogP contribution in [0, 0.1) is 0 Å². The van der Waals surface area contributed by atoms with Crippen LogP contribution in [0.25, 0.3) is 23.0 Å². The van der Waals surface area contributed by atoms with E-state index < -0.39 is 0 Å². The third-order valence-corrected chi connectivity index (χ3v) is 5.12. The van der Waals surface area contributed by atoms with Gasteiger partial charge in [0.15, 0.2) is 5.69 Å². The van der Waals surface area contributed by atoms with E-state index >= 15 is 0 Å². The third-order valence-electron chi connectivity index (χ3n) is 4.87. The highest BCUT2D eigenvalue weighted by atomic mass is 35.5. The monoisotopic (exact) mass is 423 g/mol. The van der Waals surface area contributed by atoms with E-state index in [1.807, 2.05) is 60.1 Å². The molecule has 2 aromatic heterocycles. The number of hydrogen-bond donors (Lipinski definition) is 0. The van der Waals surface area contributed by atoms with E-state index in [9.17, 15) is 0 Å². The molecule has 0 radical (unpaired) electrons. The second kappa shape index (κ2) is 7.89. The van der Waals surface area contributed by atoms with Gasteiger partial charge in [0, 0.05) is 10.6 Å². The number of fused-ring (bicyclic) bond motifs is 1. The maximum Gasteiger partial charge on any atom is 0.280 e. The van der Waals surface area contributed by atoms with Gasteiger partial charge in [-0.25, -0.2) is 4.68 Å². The zero-order valence-electron chi connectivity index (χ0n) is 16.2. The quantitative estimate of drug-likeness (QED) is 0.472. The predicted molar refractivity (Wildman–Crippen MR) is 109 cm³/mol. The van der Waals surface area contributed by atoms with E-state index in [0.29, 0.717) is 42.2 Å². The molecule has 0 fully saturated rings. The molecule has 0 N–H and O–H groups in total. The smallest absolute Gasteiger partial charge is 0.280 e. The van der Waals surface area contributed by atoms with Gasteiger partial charge in [0.1, 0.15) is 11.9 Å². The Morgan fingerprint density at radius 1 is 1.20 bits per heavy atom. The number of nitrogens with zero attached hydrogens (tertiary/aromatic N) is 5. The van der Waals surface area contributed by atoms with Gasteiger partial charge in [-0.3, -0.25) is 0 Å². The normalized spacial score (nSPS) is 15.7. The summed E-state index contributed by atoms with van der Waals surface area (Å²) in [5, 5.41) is 13.3. The molecule has 2 aromatic carbocycles. The van der Waals surface area contributed by atoms with E-state index in [1.54, 1.807) is 0 Å². The summed E-state index contributed by atoms with van der Waals surface area (Å²) in [6.45, 7) is 3.41. The highest BCUT2D eigenvalue weighted by Gasteiger charge is 2.28. The summed E-state index contributed by atoms with van der Waals surface area (Å²) < 4.78 is 18.9. The molecule has 1 aliphatic rings. The van der Waals surface area contributed by atoms with Crippen LogP contribution in [0.5, 0.6) is 5.75 Å². The summed E-state index contributed by atoms with van der Waals surface area (Å²) >= 11 is 5.97. The molecule has 5 rings (SSSR count). The van der Waals surface area contributed by atoms with Crippen molar-refractivity contribution in [1.82, 2.24) is 25.1 Å². The summed E-state index contributed by atoms with van der Waals surface area (Å²) in [5.74, 6) is 1.52. The van der Waals surface area contributed by atoms with Crippen LogP contribution >= 0.6 is 11.6 Å². The van der Waals surface area contributed by atoms with Gasteiger partial charge in [-0.05, 0) is 36.8 Å². The van der Waals surface area contributed by atoms with Gasteiger partial charge in [-0.15, -0.1) is 5.10 Å². The molecular weight excluding hydrogens is 406 g/mol. The second-order valence-electron chi connectivity index (χ2n) is 6.80. The van der Waals surface area contributed by atoms with Crippen molar-refractivity contribution in [3.63, 3.8) is 0 Å². The lowest BCUT2D eigenvalue weighted by molar-refractivity contribution is -0.00117. The summed E-state index contributed by atoms with van der Waals surface area (Å²) in [5.41, 5.74) is 3.18. The van der Waals surface area contributed by atoms with Crippen molar-refractivity contribution in [3.05, 3.63) is 64.8 Å². The minimum atomic E-state index is -0.121. The lowest BCUT2D eigenvalue weighted by Crippen LogP contribution is -2.22. The molecule has 0 saturated carbocycles. The van der Waals surface area contributed by atoms with Crippen LogP contribution in [-0.2, 0) is 17.9 Å². The molecule has 0 aliphatic carbocycles. The first-order valence-electron chi connectivity index (χ1n) is 9.58. The molecule has 8 nitrogen and oxygen atoms in total. The van der Waals surface area contributed by atoms with Gasteiger partial charge >= 0.3 is 0 Å². The van der Waals surface area contributed by atoms with Gasteiger partial charge < -0.3 is 14.0 Å². The van der Waals surface area contributed by atoms with Crippen LogP contribution < -0.4 is 4.74 Å². The molecule has 1 aliphatic heterocycles. The van der Waals surface area contributed by atoms with Gasteiger partial charge in [0.05, 0.1) is 25.5 Å². The van der Waals surface area contributed by atoms with Crippen molar-refractivity contribution in [1.29, 1.82) is 0 Å². The van der Waals surface area contributed by atoms with Crippen molar-refractivity contribution in [3.8, 4) is 28.7 Å². The van der Waals surface area contributed by atoms with Crippen molar-refractivity contribution >= 4 is 11.6 Å². The van der Waals surface area contributed by atoms with Crippen LogP contribution in [0.1, 0.15) is 24.3 Å². The Bertz CT molecular complexity index is 1170. The Labute approximate surface area is 177 Å². The molecule has 1 atom stereocenters. The highest BCUT2D eigenvalue weighted by molar-refractivity contribution is 6.30. The maximum atomic E-state index is 6.03. The lowest BCUT2D eigenvalue weighted by atomic mass is 10.1. The summed E-state index contributed by atoms with van der Waals surface area (Å²) in [4.78, 5) is 4.50. The first-order valence-corrected chi connectivity index (χ1v) is 9.96. The number of hydrogen-bond acceptors (Lipinski definition) is 7. The van der Waals surface area contributed by atoms with Crippen molar-refractivity contribution in [2.45, 2.75) is 26.2 Å². The van der Waals surface area contributed by atoms with Crippen molar-refractivity contribution in [2.24, 2.45) is 0 Å². The first kappa shape index (κ1) is 18.8. The zero-order chi connectivity index (χ0) is 20.5. The fourth-order valence-corrected chi connectivity index (χ4v) is 3.51. The first-order chi connectivity index (χ1) is 14.7. The number of benzene rings is 2. The van der Waals surface area contributed by atoms with Gasteiger partial charge in [-0.2, -0.15) is 4.98 Å². The van der Waals surface area contributed by atoms with E-state index in [2.05, 4.69) is 20.5 Å². The molecule has 9 heteroatoms. The molecule has 0 amide bonds. The zero-order valence-corrected chi connectivity index (χ0v) is 16.9. The maximum absolute atomic E-state index is 6.03. The second-order valence-corrected chi connectivity index (χ2v) is 7.24. The minimum absolute atomic E-state index is 0.121. The summed E-state index contributed by atoms with van der Waals surface area (Å²) in [7, 11) is 0. The van der Waals surface area contributed by atoms with E-state index in [0.717, 1.165) is 22.6 Å². The highest BCUT2D eigenvalue weighted by Crippen LogP contribution is 2.31. The van der Waals surface area contributed by atoms with E-state index in [-0.39, 0.29) is 6.10 Å². The molecule has 3 heterocycles. The lowest BCUT2D eigenvalue weighted by Gasteiger charge is -2.24. The fourth-order valence-electron chi connectivity index (χ4n) is 3.39. The largest absolute Gasteiger partial charge is 0.494 e. The fraction of sp³-hybridized carbons (Fsp3) is 0.238. The van der Waals surface area contributed by atoms with Crippen molar-refractivity contribution in [2.75, 3.05) is 6.61 Å². The number of ether oxygens (including phenoxy) is 2. The molecule has 30 heavy (non-hydrogen) atoms. The summed E-state index contributed by atoms with van der Waals surface area (Å²) in [6, 6.07) is 15.2. The molecule has 4 aromatic rings. The Morgan fingerprint density at radius 2 is 2.07 bits per heavy atom. The molecule has 0 saturated heterocycles. The topological polar surface area (TPSA) is 88.1 Å². The molecule has 0 spiro atoms. The number of rotatable bonds is 5. The van der Waals surface area contributed by atoms with Gasteiger partial charge in [-0.1, -0.05) is 46.2 Å². The molecule has 152 valence electrons. The average molecular weight is 424 g/mol. The standard InChI is InChI=1S/C21H18ClN5O3/c1-2-28-16-5-3-4-14(10-16)20-23-21(30-25-20)19-17-12-29-18(11-27(17)26-24-19)13-6-8-15(22)9-7-13/h3-10,18H,2,11-12H2,1H3. The van der Waals surface area contributed by atoms with Crippen LogP contribution in [0.3, 0.4) is 0 Å². The van der Waals surface area contributed by atoms with Crippen LogP contribution in [0.2, 0.25) is 5.02 Å². The Hall–Kier alpha value is -3.23. The molecule has 1 unspecified atom stereocenters. The Morgan fingerprint density at radius 3 is 2.90 bits per heavy atom. The number of halogens is 1. The number of aromatic nitrogens is 5. The van der Waals surface area contributed by atoms with Crippen LogP contribution in [0.15, 0.2) is 53.1 Å². The Kier molecular flexibility index (Phi) is 4.94. The summed E-state index contributed by atoms with van der Waals surface area (Å²) in [6.07, 6.45) is -0.121. The van der Waals surface area contributed by atoms with E-state index in [4.69, 9.17) is 25.6 Å². The minimum Gasteiger partial charge on any atom is -0.494 e. The van der Waals surface area contributed by atoms with Gasteiger partial charge in [0.2, 0.25) is 5.82 Å². The SMILES string of the molecule is CCOc1cccc(-c2noc(-c3nnn4c3COC(c3ccc(Cl)cc3)C4)n2)c1. The molecule has 0 bridgehead atoms. The predicted octanol–water partition coefficient (Wildman–Crippen LogP) is 4.32. The van der Waals surface area contributed by atoms with E-state index in [1.165, 1.54) is 0 Å². The molecular formula is C21H18ClN5O3. The Balaban J connectivity index is 1.39. The van der Waals surface area contributed by atoms with Crippen LogP contribution in [0.4, 0.5) is 0 Å². The van der Waals surface area contributed by atoms with Gasteiger partial charge in [0.25, 0.3) is 5.89 Å². The third kappa shape index (κ3) is 3.55. The average Bonchev–Trinajstić information content (AvgIpc) is 3.41.